The number of nitrogens with one attached hydrogen (secondary N) is 2. The third-order valence-corrected chi connectivity index (χ3v) is 4.25. The number of alkyl halides is 2. The zero-order chi connectivity index (χ0) is 21.2. The number of aromatic nitrogens is 1. The molecule has 1 heterocycles. The highest BCUT2D eigenvalue weighted by molar-refractivity contribution is 14.0. The number of hydrogen-bond donors (Lipinski definition) is 2. The first-order valence-electron chi connectivity index (χ1n) is 9.63. The van der Waals surface area contributed by atoms with Crippen LogP contribution in [0.1, 0.15) is 43.4 Å². The summed E-state index contributed by atoms with van der Waals surface area (Å²) in [5, 5.41) is 10.6. The van der Waals surface area contributed by atoms with Gasteiger partial charge in [0.15, 0.2) is 17.5 Å². The van der Waals surface area contributed by atoms with Gasteiger partial charge >= 0.3 is 6.61 Å². The van der Waals surface area contributed by atoms with Crippen molar-refractivity contribution in [3.63, 3.8) is 0 Å². The second kappa shape index (κ2) is 13.2. The van der Waals surface area contributed by atoms with Crippen LogP contribution in [-0.2, 0) is 25.9 Å². The molecule has 0 unspecified atom stereocenters. The fraction of sp³-hybridized carbons (Fsp3) is 0.500. The molecule has 7 nitrogen and oxygen atoms in total. The Balaban J connectivity index is 0.00000450. The van der Waals surface area contributed by atoms with E-state index in [9.17, 15) is 8.78 Å². The van der Waals surface area contributed by atoms with Gasteiger partial charge in [-0.15, -0.1) is 24.0 Å². The molecule has 2 rings (SSSR count). The van der Waals surface area contributed by atoms with Gasteiger partial charge in [-0.05, 0) is 31.0 Å². The van der Waals surface area contributed by atoms with Crippen molar-refractivity contribution in [2.45, 2.75) is 53.3 Å². The second-order valence-electron chi connectivity index (χ2n) is 6.11. The number of halogens is 3. The Labute approximate surface area is 192 Å². The van der Waals surface area contributed by atoms with Crippen molar-refractivity contribution in [3.05, 3.63) is 40.8 Å². The van der Waals surface area contributed by atoms with Crippen molar-refractivity contribution in [1.29, 1.82) is 0 Å². The maximum Gasteiger partial charge on any atom is 0.387 e. The summed E-state index contributed by atoms with van der Waals surface area (Å²) < 4.78 is 40.3. The van der Waals surface area contributed by atoms with Crippen molar-refractivity contribution in [2.75, 3.05) is 13.7 Å². The first-order valence-corrected chi connectivity index (χ1v) is 9.63. The van der Waals surface area contributed by atoms with Gasteiger partial charge in [0.2, 0.25) is 0 Å². The van der Waals surface area contributed by atoms with E-state index in [1.165, 1.54) is 6.07 Å². The third-order valence-electron chi connectivity index (χ3n) is 4.25. The van der Waals surface area contributed by atoms with Crippen molar-refractivity contribution < 1.29 is 22.8 Å². The highest BCUT2D eigenvalue weighted by Gasteiger charge is 2.14. The molecule has 0 fully saturated rings. The van der Waals surface area contributed by atoms with Crippen LogP contribution in [0, 0.1) is 0 Å². The number of hydrogen-bond acceptors (Lipinski definition) is 5. The van der Waals surface area contributed by atoms with E-state index in [-0.39, 0.29) is 35.5 Å². The Kier molecular flexibility index (Phi) is 11.4. The topological polar surface area (TPSA) is 80.9 Å². The van der Waals surface area contributed by atoms with Crippen LogP contribution in [0.4, 0.5) is 8.78 Å². The van der Waals surface area contributed by atoms with E-state index in [1.54, 1.807) is 26.1 Å². The molecule has 2 aromatic rings. The summed E-state index contributed by atoms with van der Waals surface area (Å²) in [7, 11) is 1.68. The van der Waals surface area contributed by atoms with Crippen molar-refractivity contribution in [1.82, 2.24) is 15.8 Å². The second-order valence-corrected chi connectivity index (χ2v) is 6.11. The van der Waals surface area contributed by atoms with Crippen molar-refractivity contribution in [3.8, 4) is 11.5 Å². The van der Waals surface area contributed by atoms with Gasteiger partial charge in [-0.2, -0.15) is 8.78 Å². The van der Waals surface area contributed by atoms with E-state index < -0.39 is 6.61 Å². The largest absolute Gasteiger partial charge is 0.490 e. The van der Waals surface area contributed by atoms with E-state index in [1.807, 2.05) is 13.8 Å². The number of rotatable bonds is 10. The van der Waals surface area contributed by atoms with E-state index in [0.29, 0.717) is 25.7 Å². The summed E-state index contributed by atoms with van der Waals surface area (Å²) in [6.45, 7) is 4.25. The van der Waals surface area contributed by atoms with Crippen LogP contribution in [0.3, 0.4) is 0 Å². The Morgan fingerprint density at radius 2 is 1.87 bits per heavy atom. The van der Waals surface area contributed by atoms with Crippen LogP contribution in [0.5, 0.6) is 11.5 Å². The lowest BCUT2D eigenvalue weighted by Gasteiger charge is -2.15. The molecule has 0 amide bonds. The molecule has 0 aliphatic rings. The van der Waals surface area contributed by atoms with Crippen LogP contribution in [0.25, 0.3) is 0 Å². The molecule has 0 radical (unpaired) electrons. The summed E-state index contributed by atoms with van der Waals surface area (Å²) in [5.74, 6) is 1.75. The number of guanidine groups is 1. The van der Waals surface area contributed by atoms with E-state index in [4.69, 9.17) is 9.26 Å². The molecule has 0 saturated heterocycles. The number of nitrogens with zero attached hydrogens (tertiary/aromatic N) is 2. The van der Waals surface area contributed by atoms with Crippen LogP contribution in [-0.4, -0.2) is 31.4 Å². The summed E-state index contributed by atoms with van der Waals surface area (Å²) in [5.41, 5.74) is 2.82. The monoisotopic (exact) mass is 538 g/mol. The lowest BCUT2D eigenvalue weighted by molar-refractivity contribution is -0.0514. The summed E-state index contributed by atoms with van der Waals surface area (Å²) in [6, 6.07) is 4.85. The molecule has 0 aliphatic carbocycles. The van der Waals surface area contributed by atoms with Gasteiger partial charge in [0, 0.05) is 32.1 Å². The van der Waals surface area contributed by atoms with Gasteiger partial charge in [-0.1, -0.05) is 25.1 Å². The van der Waals surface area contributed by atoms with E-state index in [0.717, 1.165) is 35.4 Å². The van der Waals surface area contributed by atoms with Crippen molar-refractivity contribution in [2.24, 2.45) is 4.99 Å². The Morgan fingerprint density at radius 1 is 1.13 bits per heavy atom. The maximum absolute atomic E-state index is 12.5. The highest BCUT2D eigenvalue weighted by atomic mass is 127. The molecule has 0 bridgehead atoms. The first kappa shape index (κ1) is 25.9. The SMILES string of the molecule is CCOc1cc(CNC(=NC)NCc2c(CC)noc2CC)ccc1OC(F)F.I. The predicted octanol–water partition coefficient (Wildman–Crippen LogP) is 4.28. The molecule has 0 saturated carbocycles. The quantitative estimate of drug-likeness (QED) is 0.267. The third kappa shape index (κ3) is 7.29. The predicted molar refractivity (Wildman–Crippen MR) is 122 cm³/mol. The minimum atomic E-state index is -2.90. The maximum atomic E-state index is 12.5. The summed E-state index contributed by atoms with van der Waals surface area (Å²) in [4.78, 5) is 4.22. The molecule has 10 heteroatoms. The average molecular weight is 538 g/mol. The van der Waals surface area contributed by atoms with E-state index >= 15 is 0 Å². The number of ether oxygens (including phenoxy) is 2. The molecule has 0 spiro atoms. The first-order chi connectivity index (χ1) is 14.0. The minimum absolute atomic E-state index is 0. The standard InChI is InChI=1S/C20H28F2N4O3.HI/c1-5-15-14(16(6-2)29-26-15)12-25-20(23-4)24-11-13-8-9-17(28-19(21)22)18(10-13)27-7-3;/h8-10,19H,5-7,11-12H2,1-4H3,(H2,23,24,25);1H. The fourth-order valence-corrected chi connectivity index (χ4v) is 2.84. The normalized spacial score (nSPS) is 11.2. The molecule has 168 valence electrons. The average Bonchev–Trinajstić information content (AvgIpc) is 3.11. The molecule has 1 aromatic heterocycles. The fourth-order valence-electron chi connectivity index (χ4n) is 2.84. The Hall–Kier alpha value is -2.11. The zero-order valence-electron chi connectivity index (χ0n) is 17.6. The lowest BCUT2D eigenvalue weighted by Crippen LogP contribution is -2.36. The lowest BCUT2D eigenvalue weighted by atomic mass is 10.1. The van der Waals surface area contributed by atoms with Gasteiger partial charge in [-0.25, -0.2) is 0 Å². The van der Waals surface area contributed by atoms with E-state index in [2.05, 4.69) is 25.5 Å². The van der Waals surface area contributed by atoms with Gasteiger partial charge in [-0.3, -0.25) is 4.99 Å². The molecule has 0 aliphatic heterocycles. The van der Waals surface area contributed by atoms with Gasteiger partial charge < -0.3 is 24.6 Å². The molecular weight excluding hydrogens is 509 g/mol. The Morgan fingerprint density at radius 3 is 2.47 bits per heavy atom. The van der Waals surface area contributed by atoms with Crippen LogP contribution >= 0.6 is 24.0 Å². The van der Waals surface area contributed by atoms with Gasteiger partial charge in [0.1, 0.15) is 5.76 Å². The zero-order valence-corrected chi connectivity index (χ0v) is 20.0. The molecule has 1 aromatic carbocycles. The molecule has 0 atom stereocenters. The number of aliphatic imine (C=N–C) groups is 1. The van der Waals surface area contributed by atoms with Crippen molar-refractivity contribution >= 4 is 29.9 Å². The number of aryl methyl sites for hydroxylation is 2. The molecule has 30 heavy (non-hydrogen) atoms. The van der Waals surface area contributed by atoms with Gasteiger partial charge in [0.05, 0.1) is 12.3 Å². The molecule has 2 N–H and O–H groups in total. The minimum Gasteiger partial charge on any atom is -0.490 e. The Bertz CT molecular complexity index is 794. The highest BCUT2D eigenvalue weighted by Crippen LogP contribution is 2.29. The number of benzene rings is 1. The van der Waals surface area contributed by atoms with Crippen LogP contribution < -0.4 is 20.1 Å². The summed E-state index contributed by atoms with van der Waals surface area (Å²) >= 11 is 0. The van der Waals surface area contributed by atoms with Crippen LogP contribution in [0.2, 0.25) is 0 Å². The molecular formula is C20H29F2IN4O3. The van der Waals surface area contributed by atoms with Gasteiger partial charge in [0.25, 0.3) is 0 Å². The summed E-state index contributed by atoms with van der Waals surface area (Å²) in [6.07, 6.45) is 1.56. The van der Waals surface area contributed by atoms with Crippen LogP contribution in [0.15, 0.2) is 27.7 Å². The smallest absolute Gasteiger partial charge is 0.387 e.